The summed E-state index contributed by atoms with van der Waals surface area (Å²) in [6.45, 7) is 4.07. The van der Waals surface area contributed by atoms with Crippen molar-refractivity contribution >= 4 is 15.7 Å². The Bertz CT molecular complexity index is 568. The Morgan fingerprint density at radius 3 is 2.70 bits per heavy atom. The van der Waals surface area contributed by atoms with Crippen molar-refractivity contribution in [2.45, 2.75) is 18.9 Å². The lowest BCUT2D eigenvalue weighted by Gasteiger charge is -2.20. The van der Waals surface area contributed by atoms with Crippen LogP contribution in [0.1, 0.15) is 12.8 Å². The number of nitrogen functional groups attached to an aromatic ring is 1. The Hall–Kier alpha value is -1.53. The van der Waals surface area contributed by atoms with Crippen LogP contribution in [0.15, 0.2) is 36.9 Å². The molecule has 2 N–H and O–H groups in total. The lowest BCUT2D eigenvalue weighted by atomic mass is 10.3. The number of sulfonamides is 1. The highest BCUT2D eigenvalue weighted by molar-refractivity contribution is 7.89. The monoisotopic (exact) mass is 296 g/mol. The van der Waals surface area contributed by atoms with E-state index >= 15 is 0 Å². The molecule has 20 heavy (non-hydrogen) atoms. The first-order chi connectivity index (χ1) is 9.54. The third kappa shape index (κ3) is 3.74. The van der Waals surface area contributed by atoms with E-state index in [-0.39, 0.29) is 18.4 Å². The topological polar surface area (TPSA) is 72.6 Å². The SMILES string of the molecule is C=CCN(C1CC1)S(=O)(=O)CCOc1ccccc1N. The van der Waals surface area contributed by atoms with Gasteiger partial charge in [0.05, 0.1) is 11.4 Å². The molecule has 0 atom stereocenters. The van der Waals surface area contributed by atoms with Gasteiger partial charge in [-0.1, -0.05) is 18.2 Å². The molecule has 0 spiro atoms. The van der Waals surface area contributed by atoms with Crippen molar-refractivity contribution in [3.05, 3.63) is 36.9 Å². The van der Waals surface area contributed by atoms with Crippen LogP contribution >= 0.6 is 0 Å². The van der Waals surface area contributed by atoms with E-state index in [1.807, 2.05) is 0 Å². The Kier molecular flexibility index (Phi) is 4.67. The number of nitrogens with zero attached hydrogens (tertiary/aromatic N) is 1. The van der Waals surface area contributed by atoms with E-state index in [4.69, 9.17) is 10.5 Å². The highest BCUT2D eigenvalue weighted by Crippen LogP contribution is 2.29. The third-order valence-corrected chi connectivity index (χ3v) is 4.98. The van der Waals surface area contributed by atoms with Crippen molar-refractivity contribution in [1.29, 1.82) is 0 Å². The lowest BCUT2D eigenvalue weighted by molar-refractivity contribution is 0.336. The second-order valence-electron chi connectivity index (χ2n) is 4.79. The molecule has 1 fully saturated rings. The summed E-state index contributed by atoms with van der Waals surface area (Å²) in [6, 6.07) is 7.19. The van der Waals surface area contributed by atoms with Crippen LogP contribution in [0.5, 0.6) is 5.75 Å². The summed E-state index contributed by atoms with van der Waals surface area (Å²) in [5.41, 5.74) is 6.25. The smallest absolute Gasteiger partial charge is 0.217 e. The molecule has 6 heteroatoms. The van der Waals surface area contributed by atoms with E-state index in [9.17, 15) is 8.42 Å². The number of nitrogens with two attached hydrogens (primary N) is 1. The zero-order valence-corrected chi connectivity index (χ0v) is 12.2. The number of benzene rings is 1. The Labute approximate surface area is 120 Å². The van der Waals surface area contributed by atoms with Gasteiger partial charge >= 0.3 is 0 Å². The van der Waals surface area contributed by atoms with Crippen LogP contribution in [0.25, 0.3) is 0 Å². The predicted octanol–water partition coefficient (Wildman–Crippen LogP) is 1.63. The summed E-state index contributed by atoms with van der Waals surface area (Å²) in [5, 5.41) is 0. The second-order valence-corrected chi connectivity index (χ2v) is 6.83. The van der Waals surface area contributed by atoms with Gasteiger partial charge in [-0.15, -0.1) is 6.58 Å². The highest BCUT2D eigenvalue weighted by atomic mass is 32.2. The fourth-order valence-electron chi connectivity index (χ4n) is 1.97. The fraction of sp³-hybridized carbons (Fsp3) is 0.429. The first-order valence-corrected chi connectivity index (χ1v) is 8.23. The van der Waals surface area contributed by atoms with E-state index in [0.29, 0.717) is 18.0 Å². The molecule has 2 rings (SSSR count). The largest absolute Gasteiger partial charge is 0.490 e. The molecule has 0 bridgehead atoms. The molecule has 1 aliphatic rings. The van der Waals surface area contributed by atoms with Crippen molar-refractivity contribution in [3.63, 3.8) is 0 Å². The molecule has 0 saturated heterocycles. The minimum absolute atomic E-state index is 0.0499. The molecule has 0 radical (unpaired) electrons. The predicted molar refractivity (Wildman–Crippen MR) is 80.1 cm³/mol. The molecule has 1 aliphatic carbocycles. The van der Waals surface area contributed by atoms with Crippen LogP contribution in [0, 0.1) is 0 Å². The van der Waals surface area contributed by atoms with Crippen LogP contribution in [-0.2, 0) is 10.0 Å². The van der Waals surface area contributed by atoms with E-state index < -0.39 is 10.0 Å². The van der Waals surface area contributed by atoms with Crippen molar-refractivity contribution in [3.8, 4) is 5.75 Å². The van der Waals surface area contributed by atoms with Crippen LogP contribution in [0.3, 0.4) is 0 Å². The molecule has 1 aromatic carbocycles. The molecule has 5 nitrogen and oxygen atoms in total. The molecule has 1 saturated carbocycles. The summed E-state index contributed by atoms with van der Waals surface area (Å²) in [5.74, 6) is 0.468. The van der Waals surface area contributed by atoms with Crippen LogP contribution in [-0.4, -0.2) is 37.7 Å². The highest BCUT2D eigenvalue weighted by Gasteiger charge is 2.36. The summed E-state index contributed by atoms with van der Waals surface area (Å²) in [7, 11) is -3.31. The van der Waals surface area contributed by atoms with E-state index in [2.05, 4.69) is 6.58 Å². The van der Waals surface area contributed by atoms with Crippen molar-refractivity contribution in [1.82, 2.24) is 4.31 Å². The van der Waals surface area contributed by atoms with Crippen LogP contribution in [0.2, 0.25) is 0 Å². The fourth-order valence-corrected chi connectivity index (χ4v) is 3.49. The van der Waals surface area contributed by atoms with Gasteiger partial charge in [0.2, 0.25) is 10.0 Å². The molecule has 0 heterocycles. The van der Waals surface area contributed by atoms with Gasteiger partial charge in [-0.3, -0.25) is 0 Å². The average Bonchev–Trinajstić information content (AvgIpc) is 3.22. The van der Waals surface area contributed by atoms with E-state index in [1.165, 1.54) is 4.31 Å². The molecule has 110 valence electrons. The van der Waals surface area contributed by atoms with E-state index in [0.717, 1.165) is 12.8 Å². The number of hydrogen-bond donors (Lipinski definition) is 1. The van der Waals surface area contributed by atoms with Crippen LogP contribution < -0.4 is 10.5 Å². The quantitative estimate of drug-likeness (QED) is 0.584. The van der Waals surface area contributed by atoms with Gasteiger partial charge in [0.25, 0.3) is 0 Å². The molecular formula is C14H20N2O3S. The summed E-state index contributed by atoms with van der Waals surface area (Å²) in [6.07, 6.45) is 3.48. The van der Waals surface area contributed by atoms with Gasteiger partial charge in [-0.2, -0.15) is 4.31 Å². The first-order valence-electron chi connectivity index (χ1n) is 6.62. The van der Waals surface area contributed by atoms with Gasteiger partial charge in [-0.05, 0) is 25.0 Å². The van der Waals surface area contributed by atoms with E-state index in [1.54, 1.807) is 30.3 Å². The number of para-hydroxylation sites is 2. The third-order valence-electron chi connectivity index (χ3n) is 3.14. The maximum absolute atomic E-state index is 12.2. The minimum atomic E-state index is -3.31. The summed E-state index contributed by atoms with van der Waals surface area (Å²) < 4.78 is 31.4. The Morgan fingerprint density at radius 2 is 2.10 bits per heavy atom. The van der Waals surface area contributed by atoms with Gasteiger partial charge in [0.15, 0.2) is 0 Å². The van der Waals surface area contributed by atoms with Crippen molar-refractivity contribution in [2.24, 2.45) is 0 Å². The number of rotatable bonds is 8. The van der Waals surface area contributed by atoms with Gasteiger partial charge < -0.3 is 10.5 Å². The maximum Gasteiger partial charge on any atom is 0.217 e. The van der Waals surface area contributed by atoms with Crippen molar-refractivity contribution in [2.75, 3.05) is 24.6 Å². The number of anilines is 1. The Morgan fingerprint density at radius 1 is 1.40 bits per heavy atom. The van der Waals surface area contributed by atoms with Gasteiger partial charge in [0.1, 0.15) is 12.4 Å². The molecule has 0 aliphatic heterocycles. The standard InChI is InChI=1S/C14H20N2O3S/c1-2-9-16(12-7-8-12)20(17,18)11-10-19-14-6-4-3-5-13(14)15/h2-6,12H,1,7-11,15H2. The molecule has 0 unspecified atom stereocenters. The number of hydrogen-bond acceptors (Lipinski definition) is 4. The maximum atomic E-state index is 12.2. The van der Waals surface area contributed by atoms with Crippen LogP contribution in [0.4, 0.5) is 5.69 Å². The molecule has 0 aromatic heterocycles. The first kappa shape index (κ1) is 14.9. The molecular weight excluding hydrogens is 276 g/mol. The lowest BCUT2D eigenvalue weighted by Crippen LogP contribution is -2.36. The minimum Gasteiger partial charge on any atom is -0.490 e. The number of ether oxygens (including phenoxy) is 1. The zero-order valence-electron chi connectivity index (χ0n) is 11.4. The zero-order chi connectivity index (χ0) is 14.6. The normalized spacial score (nSPS) is 15.2. The second kappa shape index (κ2) is 6.28. The average molecular weight is 296 g/mol. The molecule has 1 aromatic rings. The van der Waals surface area contributed by atoms with Crippen molar-refractivity contribution < 1.29 is 13.2 Å². The van der Waals surface area contributed by atoms with Gasteiger partial charge in [0, 0.05) is 12.6 Å². The van der Waals surface area contributed by atoms with Gasteiger partial charge in [-0.25, -0.2) is 8.42 Å². The molecule has 0 amide bonds. The summed E-state index contributed by atoms with van der Waals surface area (Å²) in [4.78, 5) is 0. The Balaban J connectivity index is 1.92. The summed E-state index contributed by atoms with van der Waals surface area (Å²) >= 11 is 0.